The van der Waals surface area contributed by atoms with Crippen LogP contribution in [-0.2, 0) is 14.3 Å². The van der Waals surface area contributed by atoms with Crippen molar-refractivity contribution in [1.29, 1.82) is 5.26 Å². The molecule has 0 spiro atoms. The second-order valence-corrected chi connectivity index (χ2v) is 5.47. The summed E-state index contributed by atoms with van der Waals surface area (Å²) in [5.41, 5.74) is 0.522. The van der Waals surface area contributed by atoms with E-state index in [1.54, 1.807) is 37.3 Å². The first kappa shape index (κ1) is 16.8. The lowest BCUT2D eigenvalue weighted by atomic mass is 9.87. The lowest BCUT2D eigenvalue weighted by Crippen LogP contribution is -2.29. The van der Waals surface area contributed by atoms with Gasteiger partial charge in [-0.25, -0.2) is 4.79 Å². The van der Waals surface area contributed by atoms with E-state index in [0.717, 1.165) is 0 Å². The topological polar surface area (TPSA) is 76.4 Å². The van der Waals surface area contributed by atoms with Crippen LogP contribution in [0.5, 0.6) is 5.75 Å². The van der Waals surface area contributed by atoms with Crippen LogP contribution < -0.4 is 4.74 Å². The van der Waals surface area contributed by atoms with Gasteiger partial charge in [0.2, 0.25) is 0 Å². The van der Waals surface area contributed by atoms with E-state index < -0.39 is 0 Å². The van der Waals surface area contributed by atoms with Gasteiger partial charge in [0.15, 0.2) is 0 Å². The molecule has 1 aromatic carbocycles. The van der Waals surface area contributed by atoms with Gasteiger partial charge in [0.1, 0.15) is 11.9 Å². The van der Waals surface area contributed by atoms with Gasteiger partial charge in [-0.3, -0.25) is 4.79 Å². The Kier molecular flexibility index (Phi) is 5.93. The van der Waals surface area contributed by atoms with Crippen molar-refractivity contribution in [2.45, 2.75) is 38.7 Å². The Morgan fingerprint density at radius 3 is 2.39 bits per heavy atom. The summed E-state index contributed by atoms with van der Waals surface area (Å²) in [6.45, 7) is 1.76. The third kappa shape index (κ3) is 4.96. The van der Waals surface area contributed by atoms with Crippen molar-refractivity contribution in [2.75, 3.05) is 0 Å². The van der Waals surface area contributed by atoms with Crippen LogP contribution in [0.2, 0.25) is 0 Å². The standard InChI is InChI=1S/C18H19NO4/c1-2-3-17(20)22-15-10-6-14(7-11-15)18(21)23-16-8-4-13(12-19)5-9-16/h2-5,8-9,14-15H,6-7,10-11H2,1H3/b3-2+/t14-,15-. The van der Waals surface area contributed by atoms with Crippen molar-refractivity contribution >= 4 is 11.9 Å². The Morgan fingerprint density at radius 2 is 1.83 bits per heavy atom. The SMILES string of the molecule is C/C=C/C(=O)O[C@H]1CC[C@H](C(=O)Oc2ccc(C#N)cc2)CC1. The van der Waals surface area contributed by atoms with Crippen molar-refractivity contribution in [1.82, 2.24) is 0 Å². The molecular formula is C18H19NO4. The molecular weight excluding hydrogens is 294 g/mol. The number of hydrogen-bond acceptors (Lipinski definition) is 5. The number of nitriles is 1. The van der Waals surface area contributed by atoms with E-state index in [9.17, 15) is 9.59 Å². The highest BCUT2D eigenvalue weighted by atomic mass is 16.5. The molecule has 120 valence electrons. The maximum atomic E-state index is 12.1. The Balaban J connectivity index is 1.81. The third-order valence-electron chi connectivity index (χ3n) is 3.79. The van der Waals surface area contributed by atoms with Gasteiger partial charge in [0, 0.05) is 6.08 Å². The highest BCUT2D eigenvalue weighted by Gasteiger charge is 2.29. The number of benzene rings is 1. The predicted octanol–water partition coefficient (Wildman–Crippen LogP) is 3.14. The van der Waals surface area contributed by atoms with Gasteiger partial charge in [-0.2, -0.15) is 5.26 Å². The molecule has 0 aliphatic heterocycles. The smallest absolute Gasteiger partial charge is 0.330 e. The molecule has 5 nitrogen and oxygen atoms in total. The molecule has 0 heterocycles. The summed E-state index contributed by atoms with van der Waals surface area (Å²) >= 11 is 0. The number of allylic oxidation sites excluding steroid dienone is 1. The van der Waals surface area contributed by atoms with Crippen LogP contribution in [0.15, 0.2) is 36.4 Å². The van der Waals surface area contributed by atoms with E-state index in [0.29, 0.717) is 37.0 Å². The zero-order chi connectivity index (χ0) is 16.7. The fourth-order valence-electron chi connectivity index (χ4n) is 2.55. The van der Waals surface area contributed by atoms with E-state index >= 15 is 0 Å². The first-order valence-electron chi connectivity index (χ1n) is 7.67. The first-order chi connectivity index (χ1) is 11.1. The fourth-order valence-corrected chi connectivity index (χ4v) is 2.55. The van der Waals surface area contributed by atoms with E-state index in [1.165, 1.54) is 6.08 Å². The minimum absolute atomic E-state index is 0.127. The molecule has 0 atom stereocenters. The molecule has 0 amide bonds. The van der Waals surface area contributed by atoms with Crippen molar-refractivity contribution in [2.24, 2.45) is 5.92 Å². The minimum Gasteiger partial charge on any atom is -0.459 e. The number of ether oxygens (including phenoxy) is 2. The Hall–Kier alpha value is -2.61. The molecule has 0 N–H and O–H groups in total. The van der Waals surface area contributed by atoms with Crippen LogP contribution in [0.1, 0.15) is 38.2 Å². The molecule has 0 unspecified atom stereocenters. The second-order valence-electron chi connectivity index (χ2n) is 5.47. The number of esters is 2. The summed E-state index contributed by atoms with van der Waals surface area (Å²) in [6.07, 6.45) is 5.52. The Labute approximate surface area is 135 Å². The van der Waals surface area contributed by atoms with Crippen LogP contribution in [0.25, 0.3) is 0 Å². The molecule has 2 rings (SSSR count). The predicted molar refractivity (Wildman–Crippen MR) is 83.4 cm³/mol. The summed E-state index contributed by atoms with van der Waals surface area (Å²) in [5.74, 6) is -0.345. The number of carbonyl (C=O) groups is 2. The first-order valence-corrected chi connectivity index (χ1v) is 7.67. The summed E-state index contributed by atoms with van der Waals surface area (Å²) in [6, 6.07) is 8.46. The van der Waals surface area contributed by atoms with Crippen molar-refractivity contribution in [3.8, 4) is 11.8 Å². The largest absolute Gasteiger partial charge is 0.459 e. The average molecular weight is 313 g/mol. The third-order valence-corrected chi connectivity index (χ3v) is 3.79. The molecule has 0 saturated heterocycles. The van der Waals surface area contributed by atoms with Gasteiger partial charge in [-0.15, -0.1) is 0 Å². The Morgan fingerprint density at radius 1 is 1.17 bits per heavy atom. The summed E-state index contributed by atoms with van der Waals surface area (Å²) < 4.78 is 10.6. The number of nitrogens with zero attached hydrogens (tertiary/aromatic N) is 1. The second kappa shape index (κ2) is 8.14. The van der Waals surface area contributed by atoms with Gasteiger partial charge in [-0.05, 0) is 56.9 Å². The van der Waals surface area contributed by atoms with Crippen LogP contribution in [0, 0.1) is 17.2 Å². The molecule has 1 aromatic rings. The number of rotatable bonds is 4. The van der Waals surface area contributed by atoms with Gasteiger partial charge >= 0.3 is 11.9 Å². The molecule has 23 heavy (non-hydrogen) atoms. The van der Waals surface area contributed by atoms with E-state index in [1.807, 2.05) is 6.07 Å². The number of hydrogen-bond donors (Lipinski definition) is 0. The maximum absolute atomic E-state index is 12.1. The van der Waals surface area contributed by atoms with Gasteiger partial charge in [-0.1, -0.05) is 6.08 Å². The van der Waals surface area contributed by atoms with E-state index in [2.05, 4.69) is 0 Å². The molecule has 5 heteroatoms. The number of carbonyl (C=O) groups excluding carboxylic acids is 2. The van der Waals surface area contributed by atoms with Gasteiger partial charge in [0.25, 0.3) is 0 Å². The molecule has 0 bridgehead atoms. The Bertz CT molecular complexity index is 619. The zero-order valence-electron chi connectivity index (χ0n) is 13.0. The molecule has 0 aromatic heterocycles. The maximum Gasteiger partial charge on any atom is 0.330 e. The zero-order valence-corrected chi connectivity index (χ0v) is 13.0. The summed E-state index contributed by atoms with van der Waals surface area (Å²) in [4.78, 5) is 23.5. The quantitative estimate of drug-likeness (QED) is 0.485. The molecule has 1 aliphatic rings. The van der Waals surface area contributed by atoms with Crippen LogP contribution >= 0.6 is 0 Å². The van der Waals surface area contributed by atoms with Crippen molar-refractivity contribution < 1.29 is 19.1 Å². The van der Waals surface area contributed by atoms with E-state index in [4.69, 9.17) is 14.7 Å². The van der Waals surface area contributed by atoms with Gasteiger partial charge < -0.3 is 9.47 Å². The molecule has 1 aliphatic carbocycles. The molecule has 0 radical (unpaired) electrons. The van der Waals surface area contributed by atoms with Crippen molar-refractivity contribution in [3.05, 3.63) is 42.0 Å². The van der Waals surface area contributed by atoms with Crippen LogP contribution in [0.4, 0.5) is 0 Å². The van der Waals surface area contributed by atoms with Gasteiger partial charge in [0.05, 0.1) is 17.6 Å². The van der Waals surface area contributed by atoms with Crippen molar-refractivity contribution in [3.63, 3.8) is 0 Å². The summed E-state index contributed by atoms with van der Waals surface area (Å²) in [5, 5.41) is 8.74. The minimum atomic E-state index is -0.337. The highest BCUT2D eigenvalue weighted by molar-refractivity contribution is 5.82. The average Bonchev–Trinajstić information content (AvgIpc) is 2.56. The highest BCUT2D eigenvalue weighted by Crippen LogP contribution is 2.28. The van der Waals surface area contributed by atoms with Crippen LogP contribution in [-0.4, -0.2) is 18.0 Å². The fraction of sp³-hybridized carbons (Fsp3) is 0.389. The van der Waals surface area contributed by atoms with E-state index in [-0.39, 0.29) is 24.0 Å². The molecule has 1 fully saturated rings. The normalized spacial score (nSPS) is 20.7. The monoisotopic (exact) mass is 313 g/mol. The summed E-state index contributed by atoms with van der Waals surface area (Å²) in [7, 11) is 0. The molecule has 1 saturated carbocycles. The lowest BCUT2D eigenvalue weighted by Gasteiger charge is -2.26. The lowest BCUT2D eigenvalue weighted by molar-refractivity contribution is -0.147. The van der Waals surface area contributed by atoms with Crippen LogP contribution in [0.3, 0.4) is 0 Å².